The molecule has 136 valence electrons. The summed E-state index contributed by atoms with van der Waals surface area (Å²) < 4.78 is 5.78. The Balaban J connectivity index is 0.00000264. The van der Waals surface area contributed by atoms with E-state index in [2.05, 4.69) is 30.1 Å². The first-order chi connectivity index (χ1) is 10.7. The third-order valence-corrected chi connectivity index (χ3v) is 7.26. The minimum absolute atomic E-state index is 0. The summed E-state index contributed by atoms with van der Waals surface area (Å²) in [7, 11) is 0. The van der Waals surface area contributed by atoms with Gasteiger partial charge in [0.15, 0.2) is 5.96 Å². The van der Waals surface area contributed by atoms with Gasteiger partial charge in [0.25, 0.3) is 0 Å². The maximum absolute atomic E-state index is 5.52. The molecule has 1 aliphatic heterocycles. The number of rotatable bonds is 6. The average molecular weight is 473 g/mol. The van der Waals surface area contributed by atoms with Crippen LogP contribution < -0.4 is 10.6 Å². The van der Waals surface area contributed by atoms with Gasteiger partial charge in [0.1, 0.15) is 0 Å². The molecule has 0 bridgehead atoms. The van der Waals surface area contributed by atoms with E-state index in [9.17, 15) is 0 Å². The van der Waals surface area contributed by atoms with Crippen molar-refractivity contribution < 1.29 is 4.74 Å². The summed E-state index contributed by atoms with van der Waals surface area (Å²) in [5.41, 5.74) is 0. The van der Waals surface area contributed by atoms with E-state index >= 15 is 0 Å². The second kappa shape index (κ2) is 11.3. The summed E-state index contributed by atoms with van der Waals surface area (Å²) in [6, 6.07) is 0.579. The van der Waals surface area contributed by atoms with Gasteiger partial charge in [-0.2, -0.15) is 23.5 Å². The van der Waals surface area contributed by atoms with Crippen molar-refractivity contribution in [1.29, 1.82) is 0 Å². The van der Waals surface area contributed by atoms with Crippen LogP contribution in [0.1, 0.15) is 39.0 Å². The maximum atomic E-state index is 5.52. The first kappa shape index (κ1) is 21.7. The van der Waals surface area contributed by atoms with E-state index in [1.807, 2.05) is 23.5 Å². The Morgan fingerprint density at radius 2 is 2.00 bits per heavy atom. The summed E-state index contributed by atoms with van der Waals surface area (Å²) in [4.78, 5) is 4.91. The fourth-order valence-corrected chi connectivity index (χ4v) is 4.76. The van der Waals surface area contributed by atoms with Crippen LogP contribution in [0.25, 0.3) is 0 Å². The molecule has 4 nitrogen and oxygen atoms in total. The average Bonchev–Trinajstić information content (AvgIpc) is 3.01. The van der Waals surface area contributed by atoms with Crippen LogP contribution in [0.3, 0.4) is 0 Å². The van der Waals surface area contributed by atoms with E-state index in [0.29, 0.717) is 6.04 Å². The summed E-state index contributed by atoms with van der Waals surface area (Å²) in [6.07, 6.45) is 10.5. The lowest BCUT2D eigenvalue weighted by Crippen LogP contribution is -2.44. The number of hydrogen-bond donors (Lipinski definition) is 2. The molecule has 2 aliphatic rings. The van der Waals surface area contributed by atoms with Crippen molar-refractivity contribution in [2.75, 3.05) is 38.8 Å². The zero-order chi connectivity index (χ0) is 15.8. The smallest absolute Gasteiger partial charge is 0.191 e. The third kappa shape index (κ3) is 6.82. The van der Waals surface area contributed by atoms with Crippen LogP contribution in [0.15, 0.2) is 4.99 Å². The van der Waals surface area contributed by atoms with Gasteiger partial charge >= 0.3 is 0 Å². The van der Waals surface area contributed by atoms with Crippen LogP contribution >= 0.6 is 47.5 Å². The highest BCUT2D eigenvalue weighted by Crippen LogP contribution is 2.34. The fourth-order valence-electron chi connectivity index (χ4n) is 3.19. The molecule has 1 heterocycles. The lowest BCUT2D eigenvalue weighted by atomic mass is 9.99. The number of ether oxygens (including phenoxy) is 1. The van der Waals surface area contributed by atoms with E-state index in [-0.39, 0.29) is 28.7 Å². The minimum atomic E-state index is 0. The zero-order valence-electron chi connectivity index (χ0n) is 14.6. The lowest BCUT2D eigenvalue weighted by molar-refractivity contribution is 0.0794. The molecule has 2 unspecified atom stereocenters. The quantitative estimate of drug-likeness (QED) is 0.352. The van der Waals surface area contributed by atoms with E-state index in [4.69, 9.17) is 9.73 Å². The molecule has 7 heteroatoms. The topological polar surface area (TPSA) is 45.7 Å². The SMILES string of the molecule is CCNC(=NCC1(SC)CCOCC1)NC1CCC(SC)C1.I. The van der Waals surface area contributed by atoms with Gasteiger partial charge in [-0.05, 0) is 51.5 Å². The lowest BCUT2D eigenvalue weighted by Gasteiger charge is -2.34. The molecule has 1 saturated heterocycles. The fraction of sp³-hybridized carbons (Fsp3) is 0.938. The van der Waals surface area contributed by atoms with Crippen LogP contribution in [0.2, 0.25) is 0 Å². The molecule has 2 rings (SSSR count). The van der Waals surface area contributed by atoms with E-state index in [0.717, 1.165) is 50.4 Å². The number of guanidine groups is 1. The second-order valence-electron chi connectivity index (χ2n) is 6.21. The van der Waals surface area contributed by atoms with Gasteiger partial charge in [-0.3, -0.25) is 4.99 Å². The Morgan fingerprint density at radius 3 is 2.57 bits per heavy atom. The van der Waals surface area contributed by atoms with Crippen LogP contribution in [-0.4, -0.2) is 60.8 Å². The minimum Gasteiger partial charge on any atom is -0.381 e. The molecule has 2 N–H and O–H groups in total. The number of aliphatic imine (C=N–C) groups is 1. The van der Waals surface area contributed by atoms with Crippen molar-refractivity contribution in [2.45, 2.75) is 55.1 Å². The monoisotopic (exact) mass is 473 g/mol. The summed E-state index contributed by atoms with van der Waals surface area (Å²) >= 11 is 3.95. The molecular formula is C16H32IN3OS2. The predicted octanol–water partition coefficient (Wildman–Crippen LogP) is 3.36. The Bertz CT molecular complexity index is 365. The molecule has 2 atom stereocenters. The first-order valence-corrected chi connectivity index (χ1v) is 10.9. The van der Waals surface area contributed by atoms with Crippen molar-refractivity contribution in [2.24, 2.45) is 4.99 Å². The van der Waals surface area contributed by atoms with Gasteiger partial charge in [-0.25, -0.2) is 0 Å². The number of thioether (sulfide) groups is 2. The van der Waals surface area contributed by atoms with E-state index < -0.39 is 0 Å². The Labute approximate surface area is 167 Å². The van der Waals surface area contributed by atoms with Crippen LogP contribution in [0.4, 0.5) is 0 Å². The van der Waals surface area contributed by atoms with Crippen LogP contribution in [0, 0.1) is 0 Å². The van der Waals surface area contributed by atoms with Crippen molar-refractivity contribution >= 4 is 53.5 Å². The number of hydrogen-bond acceptors (Lipinski definition) is 4. The molecular weight excluding hydrogens is 441 g/mol. The standard InChI is InChI=1S/C16H31N3OS2.HI/c1-4-17-15(19-13-5-6-14(11-13)21-2)18-12-16(22-3)7-9-20-10-8-16;/h13-14H,4-12H2,1-3H3,(H2,17,18,19);1H. The number of nitrogens with zero attached hydrogens (tertiary/aromatic N) is 1. The molecule has 0 amide bonds. The molecule has 2 fully saturated rings. The van der Waals surface area contributed by atoms with Crippen molar-refractivity contribution in [3.05, 3.63) is 0 Å². The molecule has 0 spiro atoms. The predicted molar refractivity (Wildman–Crippen MR) is 116 cm³/mol. The van der Waals surface area contributed by atoms with Gasteiger partial charge in [0.2, 0.25) is 0 Å². The summed E-state index contributed by atoms with van der Waals surface area (Å²) in [5.74, 6) is 0.995. The highest BCUT2D eigenvalue weighted by atomic mass is 127. The summed E-state index contributed by atoms with van der Waals surface area (Å²) in [5, 5.41) is 7.88. The molecule has 1 aliphatic carbocycles. The highest BCUT2D eigenvalue weighted by molar-refractivity contribution is 14.0. The molecule has 0 aromatic rings. The van der Waals surface area contributed by atoms with Gasteiger partial charge in [-0.1, -0.05) is 0 Å². The Morgan fingerprint density at radius 1 is 1.26 bits per heavy atom. The highest BCUT2D eigenvalue weighted by Gasteiger charge is 2.32. The third-order valence-electron chi connectivity index (χ3n) is 4.77. The van der Waals surface area contributed by atoms with E-state index in [1.165, 1.54) is 19.3 Å². The Kier molecular flexibility index (Phi) is 10.7. The van der Waals surface area contributed by atoms with Crippen LogP contribution in [-0.2, 0) is 4.74 Å². The molecule has 0 aromatic carbocycles. The van der Waals surface area contributed by atoms with Gasteiger partial charge in [-0.15, -0.1) is 24.0 Å². The normalized spacial score (nSPS) is 27.3. The largest absolute Gasteiger partial charge is 0.381 e. The van der Waals surface area contributed by atoms with Gasteiger partial charge < -0.3 is 15.4 Å². The molecule has 23 heavy (non-hydrogen) atoms. The number of halogens is 1. The Hall–Kier alpha value is 0.660. The van der Waals surface area contributed by atoms with Crippen molar-refractivity contribution in [1.82, 2.24) is 10.6 Å². The van der Waals surface area contributed by atoms with E-state index in [1.54, 1.807) is 0 Å². The molecule has 1 saturated carbocycles. The van der Waals surface area contributed by atoms with Gasteiger partial charge in [0.05, 0.1) is 6.54 Å². The summed E-state index contributed by atoms with van der Waals surface area (Å²) in [6.45, 7) is 5.68. The second-order valence-corrected chi connectivity index (χ2v) is 8.62. The zero-order valence-corrected chi connectivity index (χ0v) is 18.6. The van der Waals surface area contributed by atoms with Crippen LogP contribution in [0.5, 0.6) is 0 Å². The first-order valence-electron chi connectivity index (χ1n) is 8.42. The van der Waals surface area contributed by atoms with Crippen molar-refractivity contribution in [3.8, 4) is 0 Å². The molecule has 0 aromatic heterocycles. The van der Waals surface area contributed by atoms with Gasteiger partial charge in [0, 0.05) is 35.8 Å². The van der Waals surface area contributed by atoms with Crippen molar-refractivity contribution in [3.63, 3.8) is 0 Å². The number of nitrogens with one attached hydrogen (secondary N) is 2. The maximum Gasteiger partial charge on any atom is 0.191 e. The molecule has 0 radical (unpaired) electrons.